The minimum absolute atomic E-state index is 0.0457. The zero-order valence-electron chi connectivity index (χ0n) is 47.1. The second kappa shape index (κ2) is 52.0. The van der Waals surface area contributed by atoms with Gasteiger partial charge in [-0.3, -0.25) is 9.59 Å². The van der Waals surface area contributed by atoms with Gasteiger partial charge < -0.3 is 45.1 Å². The van der Waals surface area contributed by atoms with Crippen molar-refractivity contribution in [1.82, 2.24) is 5.32 Å². The maximum Gasteiger partial charge on any atom is 0.305 e. The van der Waals surface area contributed by atoms with Crippen LogP contribution in [0.4, 0.5) is 0 Å². The minimum atomic E-state index is -1.57. The van der Waals surface area contributed by atoms with Gasteiger partial charge in [0, 0.05) is 12.8 Å². The lowest BCUT2D eigenvalue weighted by atomic mass is 9.99. The summed E-state index contributed by atoms with van der Waals surface area (Å²) in [6, 6.07) is -0.812. The van der Waals surface area contributed by atoms with E-state index >= 15 is 0 Å². The number of carbonyl (C=O) groups is 2. The van der Waals surface area contributed by atoms with Crippen molar-refractivity contribution in [3.63, 3.8) is 0 Å². The highest BCUT2D eigenvalue weighted by Gasteiger charge is 2.44. The maximum atomic E-state index is 13.0. The van der Waals surface area contributed by atoms with Crippen LogP contribution in [0.2, 0.25) is 0 Å². The van der Waals surface area contributed by atoms with Crippen LogP contribution in [0.3, 0.4) is 0 Å². The van der Waals surface area contributed by atoms with E-state index < -0.39 is 49.5 Å². The summed E-state index contributed by atoms with van der Waals surface area (Å²) in [5, 5.41) is 54.2. The van der Waals surface area contributed by atoms with Gasteiger partial charge in [0.25, 0.3) is 0 Å². The summed E-state index contributed by atoms with van der Waals surface area (Å²) in [6.07, 6.45) is 54.1. The quantitative estimate of drug-likeness (QED) is 0.0195. The van der Waals surface area contributed by atoms with Crippen molar-refractivity contribution in [1.29, 1.82) is 0 Å². The number of nitrogens with one attached hydrogen (secondary N) is 1. The van der Waals surface area contributed by atoms with Crippen LogP contribution >= 0.6 is 0 Å². The molecule has 7 unspecified atom stereocenters. The first-order chi connectivity index (χ1) is 35.7. The Labute approximate surface area is 447 Å². The first-order valence-electron chi connectivity index (χ1n) is 30.8. The number of hydrogen-bond donors (Lipinski definition) is 6. The third kappa shape index (κ3) is 41.7. The second-order valence-corrected chi connectivity index (χ2v) is 21.4. The van der Waals surface area contributed by atoms with Gasteiger partial charge in [-0.15, -0.1) is 0 Å². The summed E-state index contributed by atoms with van der Waals surface area (Å²) in [4.78, 5) is 25.0. The lowest BCUT2D eigenvalue weighted by Gasteiger charge is -2.40. The summed E-state index contributed by atoms with van der Waals surface area (Å²) in [6.45, 7) is 4.21. The normalized spacial score (nSPS) is 19.1. The molecule has 1 aliphatic heterocycles. The van der Waals surface area contributed by atoms with Crippen LogP contribution < -0.4 is 5.32 Å². The molecular formula is C62H115NO10. The molecule has 1 saturated heterocycles. The van der Waals surface area contributed by atoms with Crippen molar-refractivity contribution in [2.24, 2.45) is 0 Å². The van der Waals surface area contributed by atoms with Crippen molar-refractivity contribution < 1.29 is 49.3 Å². The van der Waals surface area contributed by atoms with Gasteiger partial charge in [0.2, 0.25) is 5.91 Å². The van der Waals surface area contributed by atoms with E-state index in [0.717, 1.165) is 70.6 Å². The molecule has 0 aromatic heterocycles. The topological polar surface area (TPSA) is 175 Å². The molecule has 0 radical (unpaired) electrons. The fourth-order valence-corrected chi connectivity index (χ4v) is 9.63. The van der Waals surface area contributed by atoms with Gasteiger partial charge in [-0.25, -0.2) is 0 Å². The van der Waals surface area contributed by atoms with Gasteiger partial charge in [0.05, 0.1) is 32.0 Å². The summed E-state index contributed by atoms with van der Waals surface area (Å²) >= 11 is 0. The van der Waals surface area contributed by atoms with Crippen molar-refractivity contribution in [2.75, 3.05) is 19.8 Å². The highest BCUT2D eigenvalue weighted by atomic mass is 16.7. The lowest BCUT2D eigenvalue weighted by molar-refractivity contribution is -0.302. The molecule has 428 valence electrons. The number of unbranched alkanes of at least 4 members (excludes halogenated alkanes) is 35. The van der Waals surface area contributed by atoms with Gasteiger partial charge >= 0.3 is 5.97 Å². The van der Waals surface area contributed by atoms with Gasteiger partial charge in [0.15, 0.2) is 6.29 Å². The Balaban J connectivity index is 2.02. The van der Waals surface area contributed by atoms with Crippen LogP contribution in [0, 0.1) is 0 Å². The number of rotatable bonds is 53. The van der Waals surface area contributed by atoms with Crippen LogP contribution in [0.25, 0.3) is 0 Å². The van der Waals surface area contributed by atoms with E-state index in [1.54, 1.807) is 6.08 Å². The lowest BCUT2D eigenvalue weighted by Crippen LogP contribution is -2.60. The monoisotopic (exact) mass is 1030 g/mol. The molecule has 0 bridgehead atoms. The molecule has 1 fully saturated rings. The number of ether oxygens (including phenoxy) is 3. The van der Waals surface area contributed by atoms with E-state index in [1.807, 2.05) is 6.08 Å². The van der Waals surface area contributed by atoms with Gasteiger partial charge in [-0.05, 0) is 51.4 Å². The number of allylic oxidation sites excluding steroid dienone is 4. The number of hydrogen-bond acceptors (Lipinski definition) is 10. The summed E-state index contributed by atoms with van der Waals surface area (Å²) in [7, 11) is 0. The maximum absolute atomic E-state index is 13.0. The molecule has 1 amide bonds. The number of aliphatic hydroxyl groups excluding tert-OH is 5. The van der Waals surface area contributed by atoms with Crippen LogP contribution in [0.5, 0.6) is 0 Å². The first-order valence-corrected chi connectivity index (χ1v) is 30.8. The molecule has 0 saturated carbocycles. The van der Waals surface area contributed by atoms with Crippen LogP contribution in [0.1, 0.15) is 284 Å². The highest BCUT2D eigenvalue weighted by Crippen LogP contribution is 2.23. The number of amides is 1. The third-order valence-corrected chi connectivity index (χ3v) is 14.5. The fourth-order valence-electron chi connectivity index (χ4n) is 9.63. The van der Waals surface area contributed by atoms with E-state index in [2.05, 4.69) is 43.5 Å². The molecule has 0 aliphatic carbocycles. The molecular weight excluding hydrogens is 919 g/mol. The van der Waals surface area contributed by atoms with E-state index in [1.165, 1.54) is 186 Å². The van der Waals surface area contributed by atoms with E-state index in [0.29, 0.717) is 19.4 Å². The van der Waals surface area contributed by atoms with Crippen LogP contribution in [-0.4, -0.2) is 100 Å². The largest absolute Gasteiger partial charge is 0.465 e. The van der Waals surface area contributed by atoms with E-state index in [4.69, 9.17) is 14.2 Å². The summed E-state index contributed by atoms with van der Waals surface area (Å²) < 4.78 is 16.6. The Bertz CT molecular complexity index is 1310. The van der Waals surface area contributed by atoms with Crippen molar-refractivity contribution in [2.45, 2.75) is 326 Å². The predicted octanol–water partition coefficient (Wildman–Crippen LogP) is 14.3. The third-order valence-electron chi connectivity index (χ3n) is 14.5. The Hall–Kier alpha value is -2.12. The molecule has 6 N–H and O–H groups in total. The fraction of sp³-hybridized carbons (Fsp3) is 0.871. The first kappa shape index (κ1) is 68.9. The predicted molar refractivity (Wildman–Crippen MR) is 301 cm³/mol. The van der Waals surface area contributed by atoms with Gasteiger partial charge in [-0.2, -0.15) is 0 Å². The number of carbonyl (C=O) groups excluding carboxylic acids is 2. The van der Waals surface area contributed by atoms with Gasteiger partial charge in [0.1, 0.15) is 24.4 Å². The SMILES string of the molecule is CCCCCCCCC/C=C/C(O)C(COC1OC(CO)C(O)C(O)C1O)NC(=O)CCCCCCCCCCCCCCCC/C=C\C/C=C\CCOC(=O)CCCCCCCCCCCCCCCCC. The molecule has 73 heavy (non-hydrogen) atoms. The molecule has 1 rings (SSSR count). The van der Waals surface area contributed by atoms with E-state index in [-0.39, 0.29) is 18.5 Å². The van der Waals surface area contributed by atoms with E-state index in [9.17, 15) is 35.1 Å². The van der Waals surface area contributed by atoms with Crippen LogP contribution in [0.15, 0.2) is 36.5 Å². The summed E-state index contributed by atoms with van der Waals surface area (Å²) in [5.41, 5.74) is 0. The minimum Gasteiger partial charge on any atom is -0.465 e. The molecule has 1 aliphatic rings. The zero-order chi connectivity index (χ0) is 53.1. The Morgan fingerprint density at radius 1 is 0.507 bits per heavy atom. The molecule has 0 aromatic carbocycles. The summed E-state index contributed by atoms with van der Waals surface area (Å²) in [5.74, 6) is -0.234. The average molecular weight is 1030 g/mol. The Morgan fingerprint density at radius 2 is 0.918 bits per heavy atom. The zero-order valence-corrected chi connectivity index (χ0v) is 47.1. The number of aliphatic hydroxyl groups is 5. The second-order valence-electron chi connectivity index (χ2n) is 21.4. The van der Waals surface area contributed by atoms with Crippen molar-refractivity contribution in [3.8, 4) is 0 Å². The van der Waals surface area contributed by atoms with Crippen molar-refractivity contribution >= 4 is 11.9 Å². The molecule has 7 atom stereocenters. The number of esters is 1. The average Bonchev–Trinajstić information content (AvgIpc) is 3.39. The molecule has 11 nitrogen and oxygen atoms in total. The smallest absolute Gasteiger partial charge is 0.305 e. The Kier molecular flexibility index (Phi) is 49.0. The molecule has 11 heteroatoms. The van der Waals surface area contributed by atoms with Crippen molar-refractivity contribution in [3.05, 3.63) is 36.5 Å². The molecule has 0 aromatic rings. The highest BCUT2D eigenvalue weighted by molar-refractivity contribution is 5.76. The molecule has 1 heterocycles. The standard InChI is InChI=1S/C62H115NO10/c1-3-5-7-9-11-13-14-15-23-27-30-34-38-42-46-50-58(67)71-51-47-43-39-35-31-28-25-22-20-18-16-17-19-21-24-26-29-33-37-41-45-49-57(66)63-54(55(65)48-44-40-36-32-12-10-8-6-4-2)53-72-62-61(70)60(69)59(68)56(52-64)73-62/h28,31,39,43-44,48,54-56,59-62,64-65,68-70H,3-27,29-30,32-38,40-42,45-47,49-53H2,1-2H3,(H,63,66)/b31-28-,43-39-,48-44+. The van der Waals surface area contributed by atoms with Gasteiger partial charge in [-0.1, -0.05) is 256 Å². The molecule has 0 spiro atoms. The van der Waals surface area contributed by atoms with Crippen LogP contribution in [-0.2, 0) is 23.8 Å². The Morgan fingerprint density at radius 3 is 1.38 bits per heavy atom.